The van der Waals surface area contributed by atoms with Crippen molar-refractivity contribution < 1.29 is 18.3 Å². The summed E-state index contributed by atoms with van der Waals surface area (Å²) in [5.41, 5.74) is 0. The number of nitrogens with zero attached hydrogens (tertiary/aromatic N) is 1. The SMILES string of the molecule is FC1(F)CCN(C(CCOc2ccc(Br)cc2)Oc2ccc(Br)cc2)CC1. The van der Waals surface area contributed by atoms with Gasteiger partial charge in [0.1, 0.15) is 11.5 Å². The van der Waals surface area contributed by atoms with Gasteiger partial charge in [0.25, 0.3) is 5.92 Å². The molecule has 2 aromatic carbocycles. The smallest absolute Gasteiger partial charge is 0.250 e. The molecule has 1 atom stereocenters. The average molecular weight is 505 g/mol. The van der Waals surface area contributed by atoms with Gasteiger partial charge in [0, 0.05) is 41.3 Å². The largest absolute Gasteiger partial charge is 0.493 e. The quantitative estimate of drug-likeness (QED) is 0.453. The molecule has 0 aliphatic carbocycles. The first-order chi connectivity index (χ1) is 12.9. The first-order valence-electron chi connectivity index (χ1n) is 8.84. The summed E-state index contributed by atoms with van der Waals surface area (Å²) in [4.78, 5) is 1.98. The van der Waals surface area contributed by atoms with E-state index in [9.17, 15) is 8.78 Å². The van der Waals surface area contributed by atoms with Gasteiger partial charge in [-0.1, -0.05) is 31.9 Å². The third-order valence-electron chi connectivity index (χ3n) is 4.47. The number of piperidine rings is 1. The molecule has 0 bridgehead atoms. The summed E-state index contributed by atoms with van der Waals surface area (Å²) in [7, 11) is 0. The van der Waals surface area contributed by atoms with Crippen LogP contribution in [0.4, 0.5) is 8.78 Å². The van der Waals surface area contributed by atoms with Crippen LogP contribution in [0.5, 0.6) is 11.5 Å². The summed E-state index contributed by atoms with van der Waals surface area (Å²) in [5, 5.41) is 0. The molecule has 3 rings (SSSR count). The van der Waals surface area contributed by atoms with E-state index in [2.05, 4.69) is 31.9 Å². The molecule has 0 N–H and O–H groups in total. The monoisotopic (exact) mass is 503 g/mol. The van der Waals surface area contributed by atoms with Crippen molar-refractivity contribution in [3.05, 3.63) is 57.5 Å². The maximum atomic E-state index is 13.5. The van der Waals surface area contributed by atoms with Crippen LogP contribution in [0.2, 0.25) is 0 Å². The Labute approximate surface area is 174 Å². The lowest BCUT2D eigenvalue weighted by Gasteiger charge is -2.37. The number of halogens is 4. The number of likely N-dealkylation sites (tertiary alicyclic amines) is 1. The van der Waals surface area contributed by atoms with E-state index in [1.165, 1.54) is 0 Å². The average Bonchev–Trinajstić information content (AvgIpc) is 2.64. The lowest BCUT2D eigenvalue weighted by Crippen LogP contribution is -2.48. The highest BCUT2D eigenvalue weighted by Crippen LogP contribution is 2.30. The molecule has 1 saturated heterocycles. The van der Waals surface area contributed by atoms with E-state index < -0.39 is 5.92 Å². The van der Waals surface area contributed by atoms with Crippen LogP contribution in [0.1, 0.15) is 19.3 Å². The summed E-state index contributed by atoms with van der Waals surface area (Å²) in [6.45, 7) is 1.06. The Bertz CT molecular complexity index is 716. The third kappa shape index (κ3) is 6.43. The van der Waals surface area contributed by atoms with Crippen molar-refractivity contribution in [1.82, 2.24) is 4.90 Å². The normalized spacial score (nSPS) is 18.1. The lowest BCUT2D eigenvalue weighted by molar-refractivity contribution is -0.0912. The number of hydrogen-bond donors (Lipinski definition) is 0. The van der Waals surface area contributed by atoms with Gasteiger partial charge in [0.05, 0.1) is 6.61 Å². The molecule has 1 aliphatic heterocycles. The third-order valence-corrected chi connectivity index (χ3v) is 5.53. The molecule has 1 fully saturated rings. The molecular weight excluding hydrogens is 484 g/mol. The fourth-order valence-electron chi connectivity index (χ4n) is 2.93. The van der Waals surface area contributed by atoms with Crippen molar-refractivity contribution in [2.45, 2.75) is 31.4 Å². The summed E-state index contributed by atoms with van der Waals surface area (Å²) in [6.07, 6.45) is -0.00287. The zero-order chi connectivity index (χ0) is 19.3. The zero-order valence-electron chi connectivity index (χ0n) is 14.7. The molecule has 0 spiro atoms. The number of alkyl halides is 2. The summed E-state index contributed by atoms with van der Waals surface area (Å²) in [5.74, 6) is -1.10. The second-order valence-electron chi connectivity index (χ2n) is 6.51. The predicted octanol–water partition coefficient (Wildman–Crippen LogP) is 6.12. The highest BCUT2D eigenvalue weighted by atomic mass is 79.9. The Morgan fingerprint density at radius 3 is 1.96 bits per heavy atom. The van der Waals surface area contributed by atoms with Gasteiger partial charge in [0.2, 0.25) is 0 Å². The second-order valence-corrected chi connectivity index (χ2v) is 8.34. The van der Waals surface area contributed by atoms with Crippen molar-refractivity contribution in [2.24, 2.45) is 0 Å². The zero-order valence-corrected chi connectivity index (χ0v) is 17.9. The Morgan fingerprint density at radius 2 is 1.41 bits per heavy atom. The minimum Gasteiger partial charge on any atom is -0.493 e. The topological polar surface area (TPSA) is 21.7 Å². The maximum absolute atomic E-state index is 13.5. The molecule has 1 unspecified atom stereocenters. The Kier molecular flexibility index (Phi) is 7.11. The van der Waals surface area contributed by atoms with E-state index >= 15 is 0 Å². The van der Waals surface area contributed by atoms with Gasteiger partial charge in [-0.05, 0) is 48.5 Å². The number of benzene rings is 2. The predicted molar refractivity (Wildman–Crippen MR) is 109 cm³/mol. The first-order valence-corrected chi connectivity index (χ1v) is 10.4. The Morgan fingerprint density at radius 1 is 0.889 bits per heavy atom. The van der Waals surface area contributed by atoms with Crippen molar-refractivity contribution in [3.8, 4) is 11.5 Å². The molecular formula is C20H21Br2F2NO2. The van der Waals surface area contributed by atoms with Gasteiger partial charge < -0.3 is 9.47 Å². The van der Waals surface area contributed by atoms with E-state index in [4.69, 9.17) is 9.47 Å². The molecule has 7 heteroatoms. The van der Waals surface area contributed by atoms with E-state index in [0.29, 0.717) is 31.9 Å². The van der Waals surface area contributed by atoms with Crippen LogP contribution >= 0.6 is 31.9 Å². The van der Waals surface area contributed by atoms with Gasteiger partial charge >= 0.3 is 0 Å². The molecule has 27 heavy (non-hydrogen) atoms. The van der Waals surface area contributed by atoms with Crippen LogP contribution in [0.3, 0.4) is 0 Å². The van der Waals surface area contributed by atoms with Gasteiger partial charge in [-0.3, -0.25) is 4.90 Å². The number of ether oxygens (including phenoxy) is 2. The van der Waals surface area contributed by atoms with Crippen molar-refractivity contribution in [2.75, 3.05) is 19.7 Å². The van der Waals surface area contributed by atoms with Crippen LogP contribution in [0, 0.1) is 0 Å². The molecule has 3 nitrogen and oxygen atoms in total. The van der Waals surface area contributed by atoms with Gasteiger partial charge in [0.15, 0.2) is 6.23 Å². The Balaban J connectivity index is 1.61. The van der Waals surface area contributed by atoms with Gasteiger partial charge in [-0.25, -0.2) is 8.78 Å². The van der Waals surface area contributed by atoms with Crippen LogP contribution in [0.25, 0.3) is 0 Å². The van der Waals surface area contributed by atoms with E-state index in [1.807, 2.05) is 53.4 Å². The standard InChI is InChI=1S/C20H21Br2F2NO2/c21-15-1-5-17(6-2-15)26-14-9-19(25-12-10-20(23,24)11-13-25)27-18-7-3-16(22)4-8-18/h1-8,19H,9-14H2. The molecule has 1 heterocycles. The fraction of sp³-hybridized carbons (Fsp3) is 0.400. The molecule has 0 amide bonds. The van der Waals surface area contributed by atoms with E-state index in [1.54, 1.807) is 0 Å². The van der Waals surface area contributed by atoms with Gasteiger partial charge in [-0.15, -0.1) is 0 Å². The van der Waals surface area contributed by atoms with E-state index in [0.717, 1.165) is 14.7 Å². The van der Waals surface area contributed by atoms with E-state index in [-0.39, 0.29) is 19.1 Å². The lowest BCUT2D eigenvalue weighted by atomic mass is 10.1. The van der Waals surface area contributed by atoms with Crippen LogP contribution in [0.15, 0.2) is 57.5 Å². The molecule has 0 aromatic heterocycles. The highest BCUT2D eigenvalue weighted by Gasteiger charge is 2.36. The molecule has 2 aromatic rings. The first kappa shape index (κ1) is 20.6. The molecule has 0 radical (unpaired) electrons. The molecule has 146 valence electrons. The Hall–Kier alpha value is -1.18. The minimum absolute atomic E-state index is 0.138. The minimum atomic E-state index is -2.58. The number of hydrogen-bond acceptors (Lipinski definition) is 3. The highest BCUT2D eigenvalue weighted by molar-refractivity contribution is 9.10. The van der Waals surface area contributed by atoms with Crippen molar-refractivity contribution in [3.63, 3.8) is 0 Å². The van der Waals surface area contributed by atoms with Crippen LogP contribution < -0.4 is 9.47 Å². The van der Waals surface area contributed by atoms with Crippen LogP contribution in [-0.4, -0.2) is 36.7 Å². The molecule has 1 aliphatic rings. The molecule has 0 saturated carbocycles. The second kappa shape index (κ2) is 9.34. The van der Waals surface area contributed by atoms with Crippen LogP contribution in [-0.2, 0) is 0 Å². The fourth-order valence-corrected chi connectivity index (χ4v) is 3.46. The summed E-state index contributed by atoms with van der Waals surface area (Å²) in [6, 6.07) is 15.1. The van der Waals surface area contributed by atoms with Gasteiger partial charge in [-0.2, -0.15) is 0 Å². The van der Waals surface area contributed by atoms with Crippen molar-refractivity contribution in [1.29, 1.82) is 0 Å². The maximum Gasteiger partial charge on any atom is 0.250 e. The van der Waals surface area contributed by atoms with Crippen molar-refractivity contribution >= 4 is 31.9 Å². The summed E-state index contributed by atoms with van der Waals surface area (Å²) < 4.78 is 40.9. The number of rotatable bonds is 7. The summed E-state index contributed by atoms with van der Waals surface area (Å²) >= 11 is 6.79.